The number of anilines is 1. The molecule has 1 aliphatic carbocycles. The van der Waals surface area contributed by atoms with Gasteiger partial charge in [0.15, 0.2) is 5.82 Å². The summed E-state index contributed by atoms with van der Waals surface area (Å²) in [7, 11) is 3.23. The van der Waals surface area contributed by atoms with Crippen molar-refractivity contribution < 1.29 is 18.3 Å². The first-order valence-electron chi connectivity index (χ1n) is 9.70. The van der Waals surface area contributed by atoms with Gasteiger partial charge in [-0.25, -0.2) is 23.2 Å². The molecule has 0 saturated heterocycles. The van der Waals surface area contributed by atoms with Crippen molar-refractivity contribution in [3.05, 3.63) is 35.7 Å². The third-order valence-electron chi connectivity index (χ3n) is 4.97. The third kappa shape index (κ3) is 5.42. The van der Waals surface area contributed by atoms with Crippen LogP contribution in [-0.4, -0.2) is 51.8 Å². The second-order valence-corrected chi connectivity index (χ2v) is 7.74. The second kappa shape index (κ2) is 8.34. The Balaban J connectivity index is 1.85. The predicted molar refractivity (Wildman–Crippen MR) is 106 cm³/mol. The fourth-order valence-corrected chi connectivity index (χ4v) is 3.22. The number of ether oxygens (including phenoxy) is 1. The molecular formula is C20H27F2N5O2. The molecule has 158 valence electrons. The second-order valence-electron chi connectivity index (χ2n) is 7.74. The number of carbonyl (C=O) groups excluding carboxylic acids is 1. The Kier molecular flexibility index (Phi) is 6.04. The predicted octanol–water partition coefficient (Wildman–Crippen LogP) is 4.32. The lowest BCUT2D eigenvalue weighted by Gasteiger charge is -2.29. The molecule has 0 aromatic carbocycles. The van der Waals surface area contributed by atoms with E-state index in [0.717, 1.165) is 11.3 Å². The van der Waals surface area contributed by atoms with Gasteiger partial charge >= 0.3 is 6.09 Å². The summed E-state index contributed by atoms with van der Waals surface area (Å²) in [4.78, 5) is 17.9. The number of nitrogens with zero attached hydrogens (tertiary/aromatic N) is 4. The van der Waals surface area contributed by atoms with Crippen LogP contribution in [0.1, 0.15) is 50.0 Å². The first kappa shape index (κ1) is 21.0. The van der Waals surface area contributed by atoms with Crippen LogP contribution in [0.2, 0.25) is 0 Å². The van der Waals surface area contributed by atoms with E-state index in [9.17, 15) is 13.6 Å². The highest BCUT2D eigenvalue weighted by molar-refractivity contribution is 5.67. The van der Waals surface area contributed by atoms with Crippen LogP contribution in [0.3, 0.4) is 0 Å². The summed E-state index contributed by atoms with van der Waals surface area (Å²) in [5.74, 6) is -1.47. The van der Waals surface area contributed by atoms with Crippen molar-refractivity contribution in [2.45, 2.75) is 57.6 Å². The third-order valence-corrected chi connectivity index (χ3v) is 4.97. The Morgan fingerprint density at radius 1 is 1.34 bits per heavy atom. The van der Waals surface area contributed by atoms with Gasteiger partial charge in [0, 0.05) is 39.2 Å². The highest BCUT2D eigenvalue weighted by Crippen LogP contribution is 2.34. The van der Waals surface area contributed by atoms with E-state index in [1.807, 2.05) is 13.0 Å². The van der Waals surface area contributed by atoms with Crippen LogP contribution < -0.4 is 5.32 Å². The van der Waals surface area contributed by atoms with Gasteiger partial charge in [-0.2, -0.15) is 5.10 Å². The molecule has 2 aromatic heterocycles. The maximum Gasteiger partial charge on any atom is 0.409 e. The molecule has 1 N–H and O–H groups in total. The van der Waals surface area contributed by atoms with Gasteiger partial charge in [0.1, 0.15) is 11.9 Å². The molecule has 2 heterocycles. The Labute approximate surface area is 169 Å². The van der Waals surface area contributed by atoms with Crippen LogP contribution in [-0.2, 0) is 4.74 Å². The van der Waals surface area contributed by atoms with E-state index < -0.39 is 18.1 Å². The number of pyridine rings is 1. The van der Waals surface area contributed by atoms with Crippen molar-refractivity contribution in [3.63, 3.8) is 0 Å². The van der Waals surface area contributed by atoms with Gasteiger partial charge in [-0.15, -0.1) is 0 Å². The van der Waals surface area contributed by atoms with Gasteiger partial charge in [-0.05, 0) is 50.5 Å². The smallest absolute Gasteiger partial charge is 0.409 e. The number of aromatic nitrogens is 3. The molecule has 0 bridgehead atoms. The SMILES string of the molecule is Cc1ccn(-c2cc(C(C)OC(=O)N(C)C)cc(NC3CCC(F)(F)CC3)n2)n1. The molecule has 1 amide bonds. The van der Waals surface area contributed by atoms with Crippen LogP contribution in [0.25, 0.3) is 5.82 Å². The summed E-state index contributed by atoms with van der Waals surface area (Å²) in [5.41, 5.74) is 1.58. The van der Waals surface area contributed by atoms with Gasteiger partial charge in [-0.3, -0.25) is 0 Å². The maximum absolute atomic E-state index is 13.5. The van der Waals surface area contributed by atoms with Crippen molar-refractivity contribution in [1.29, 1.82) is 0 Å². The number of hydrogen-bond donors (Lipinski definition) is 1. The quantitative estimate of drug-likeness (QED) is 0.799. The topological polar surface area (TPSA) is 72.3 Å². The molecule has 1 atom stereocenters. The summed E-state index contributed by atoms with van der Waals surface area (Å²) in [6.45, 7) is 3.66. The summed E-state index contributed by atoms with van der Waals surface area (Å²) in [6, 6.07) is 5.38. The zero-order valence-electron chi connectivity index (χ0n) is 17.2. The van der Waals surface area contributed by atoms with Crippen molar-refractivity contribution in [1.82, 2.24) is 19.7 Å². The first-order valence-corrected chi connectivity index (χ1v) is 9.70. The molecule has 1 aliphatic rings. The van der Waals surface area contributed by atoms with Crippen LogP contribution >= 0.6 is 0 Å². The Morgan fingerprint density at radius 3 is 2.62 bits per heavy atom. The maximum atomic E-state index is 13.5. The number of aryl methyl sites for hydroxylation is 1. The minimum absolute atomic E-state index is 0.0794. The lowest BCUT2D eigenvalue weighted by molar-refractivity contribution is -0.0361. The fraction of sp³-hybridized carbons (Fsp3) is 0.550. The van der Waals surface area contributed by atoms with Gasteiger partial charge in [0.05, 0.1) is 5.69 Å². The average Bonchev–Trinajstić information content (AvgIpc) is 3.09. The zero-order chi connectivity index (χ0) is 21.2. The monoisotopic (exact) mass is 407 g/mol. The minimum Gasteiger partial charge on any atom is -0.442 e. The Hall–Kier alpha value is -2.71. The normalized spacial score (nSPS) is 17.6. The molecule has 1 unspecified atom stereocenters. The first-order chi connectivity index (χ1) is 13.6. The van der Waals surface area contributed by atoms with Crippen LogP contribution in [0.15, 0.2) is 24.4 Å². The van der Waals surface area contributed by atoms with E-state index in [2.05, 4.69) is 15.4 Å². The lowest BCUT2D eigenvalue weighted by atomic mass is 9.92. The van der Waals surface area contributed by atoms with Gasteiger partial charge in [0.2, 0.25) is 5.92 Å². The number of amides is 1. The average molecular weight is 407 g/mol. The minimum atomic E-state index is -2.58. The number of carbonyl (C=O) groups is 1. The van der Waals surface area contributed by atoms with Crippen LogP contribution in [0.5, 0.6) is 0 Å². The van der Waals surface area contributed by atoms with Gasteiger partial charge in [0.25, 0.3) is 0 Å². The van der Waals surface area contributed by atoms with E-state index in [1.54, 1.807) is 44.0 Å². The summed E-state index contributed by atoms with van der Waals surface area (Å²) >= 11 is 0. The lowest BCUT2D eigenvalue weighted by Crippen LogP contribution is -2.32. The highest BCUT2D eigenvalue weighted by atomic mass is 19.3. The van der Waals surface area contributed by atoms with Gasteiger partial charge in [-0.1, -0.05) is 0 Å². The largest absolute Gasteiger partial charge is 0.442 e. The van der Waals surface area contributed by atoms with Crippen molar-refractivity contribution >= 4 is 11.9 Å². The molecular weight excluding hydrogens is 380 g/mol. The number of halogens is 2. The van der Waals surface area contributed by atoms with Crippen LogP contribution in [0, 0.1) is 6.92 Å². The number of hydrogen-bond acceptors (Lipinski definition) is 5. The summed E-state index contributed by atoms with van der Waals surface area (Å²) in [5, 5.41) is 7.66. The Bertz CT molecular complexity index is 858. The Morgan fingerprint density at radius 2 is 2.03 bits per heavy atom. The van der Waals surface area contributed by atoms with Crippen molar-refractivity contribution in [3.8, 4) is 5.82 Å². The summed E-state index contributed by atoms with van der Waals surface area (Å²) < 4.78 is 34.0. The molecule has 2 aromatic rings. The number of nitrogens with one attached hydrogen (secondary N) is 1. The van der Waals surface area contributed by atoms with E-state index in [1.165, 1.54) is 4.90 Å². The molecule has 0 radical (unpaired) electrons. The van der Waals surface area contributed by atoms with E-state index >= 15 is 0 Å². The molecule has 0 spiro atoms. The summed E-state index contributed by atoms with van der Waals surface area (Å²) in [6.07, 6.45) is 1.32. The molecule has 29 heavy (non-hydrogen) atoms. The molecule has 0 aliphatic heterocycles. The van der Waals surface area contributed by atoms with Gasteiger partial charge < -0.3 is 15.0 Å². The molecule has 1 saturated carbocycles. The number of rotatable bonds is 5. The molecule has 7 nitrogen and oxygen atoms in total. The van der Waals surface area contributed by atoms with E-state index in [-0.39, 0.29) is 18.9 Å². The van der Waals surface area contributed by atoms with Crippen LogP contribution in [0.4, 0.5) is 19.4 Å². The van der Waals surface area contributed by atoms with E-state index in [0.29, 0.717) is 24.5 Å². The molecule has 3 rings (SSSR count). The number of alkyl halides is 2. The van der Waals surface area contributed by atoms with E-state index in [4.69, 9.17) is 4.74 Å². The highest BCUT2D eigenvalue weighted by Gasteiger charge is 2.35. The van der Waals surface area contributed by atoms with Crippen molar-refractivity contribution in [2.75, 3.05) is 19.4 Å². The standard InChI is InChI=1S/C20H27F2N5O2/c1-13-7-10-27(25-13)18-12-15(14(2)29-19(28)26(3)4)11-17(24-18)23-16-5-8-20(21,22)9-6-16/h7,10-12,14,16H,5-6,8-9H2,1-4H3,(H,23,24). The fourth-order valence-electron chi connectivity index (χ4n) is 3.22. The molecule has 9 heteroatoms. The zero-order valence-corrected chi connectivity index (χ0v) is 17.2. The van der Waals surface area contributed by atoms with Crippen molar-refractivity contribution in [2.24, 2.45) is 0 Å². The molecule has 1 fully saturated rings.